The summed E-state index contributed by atoms with van der Waals surface area (Å²) in [5.41, 5.74) is 9.22. The average molecular weight is 188 g/mol. The number of nitriles is 1. The van der Waals surface area contributed by atoms with Crippen LogP contribution in [0.5, 0.6) is 0 Å². The zero-order valence-electron chi connectivity index (χ0n) is 7.33. The number of nitrogens with zero attached hydrogens (tertiary/aromatic N) is 4. The Morgan fingerprint density at radius 1 is 1.57 bits per heavy atom. The summed E-state index contributed by atoms with van der Waals surface area (Å²) in [5, 5.41) is 21.1. The van der Waals surface area contributed by atoms with Gasteiger partial charge in [0, 0.05) is 4.91 Å². The van der Waals surface area contributed by atoms with Gasteiger partial charge in [-0.25, -0.2) is 0 Å². The number of aliphatic hydroxyl groups excluding tert-OH is 1. The van der Waals surface area contributed by atoms with Crippen molar-refractivity contribution in [2.45, 2.75) is 6.04 Å². The maximum absolute atomic E-state index is 8.96. The SMILES string of the molecule is N#Cc1ccccc1C(CO)N=[N+]=[N-]. The summed E-state index contributed by atoms with van der Waals surface area (Å²) < 4.78 is 0. The van der Waals surface area contributed by atoms with Crippen LogP contribution in [0.1, 0.15) is 17.2 Å². The van der Waals surface area contributed by atoms with E-state index in [-0.39, 0.29) is 6.61 Å². The number of rotatable bonds is 3. The van der Waals surface area contributed by atoms with Gasteiger partial charge in [0.2, 0.25) is 0 Å². The van der Waals surface area contributed by atoms with Crippen LogP contribution in [0.4, 0.5) is 0 Å². The molecule has 0 aliphatic heterocycles. The van der Waals surface area contributed by atoms with Gasteiger partial charge < -0.3 is 5.11 Å². The summed E-state index contributed by atoms with van der Waals surface area (Å²) >= 11 is 0. The van der Waals surface area contributed by atoms with Gasteiger partial charge in [-0.2, -0.15) is 5.26 Å². The first-order chi connectivity index (χ1) is 6.83. The first-order valence-electron chi connectivity index (χ1n) is 3.97. The number of benzene rings is 1. The molecule has 14 heavy (non-hydrogen) atoms. The summed E-state index contributed by atoms with van der Waals surface area (Å²) in [6.07, 6.45) is 0. The highest BCUT2D eigenvalue weighted by Crippen LogP contribution is 2.20. The lowest BCUT2D eigenvalue weighted by molar-refractivity contribution is 0.268. The summed E-state index contributed by atoms with van der Waals surface area (Å²) in [6.45, 7) is -0.303. The molecule has 0 amide bonds. The van der Waals surface area contributed by atoms with E-state index in [9.17, 15) is 0 Å². The minimum absolute atomic E-state index is 0.303. The largest absolute Gasteiger partial charge is 0.396 e. The van der Waals surface area contributed by atoms with Crippen LogP contribution in [-0.2, 0) is 0 Å². The molecule has 0 bridgehead atoms. The molecule has 0 radical (unpaired) electrons. The molecule has 5 heteroatoms. The Morgan fingerprint density at radius 2 is 2.29 bits per heavy atom. The van der Waals surface area contributed by atoms with Gasteiger partial charge in [-0.05, 0) is 17.2 Å². The van der Waals surface area contributed by atoms with E-state index in [1.54, 1.807) is 24.3 Å². The van der Waals surface area contributed by atoms with Crippen molar-refractivity contribution in [1.82, 2.24) is 0 Å². The van der Waals surface area contributed by atoms with Gasteiger partial charge in [-0.3, -0.25) is 0 Å². The molecule has 0 aliphatic rings. The van der Waals surface area contributed by atoms with E-state index in [1.807, 2.05) is 6.07 Å². The predicted octanol–water partition coefficient (Wildman–Crippen LogP) is 1.90. The van der Waals surface area contributed by atoms with Crippen molar-refractivity contribution in [2.75, 3.05) is 6.61 Å². The Kier molecular flexibility index (Phi) is 3.50. The summed E-state index contributed by atoms with van der Waals surface area (Å²) in [4.78, 5) is 2.61. The van der Waals surface area contributed by atoms with Crippen molar-refractivity contribution < 1.29 is 5.11 Å². The van der Waals surface area contributed by atoms with Crippen molar-refractivity contribution in [2.24, 2.45) is 5.11 Å². The molecular formula is C9H8N4O. The molecule has 0 saturated carbocycles. The Morgan fingerprint density at radius 3 is 2.86 bits per heavy atom. The fourth-order valence-corrected chi connectivity index (χ4v) is 1.15. The number of azide groups is 1. The van der Waals surface area contributed by atoms with Gasteiger partial charge in [0.15, 0.2) is 0 Å². The summed E-state index contributed by atoms with van der Waals surface area (Å²) in [5.74, 6) is 0. The third kappa shape index (κ3) is 2.02. The van der Waals surface area contributed by atoms with E-state index in [0.29, 0.717) is 11.1 Å². The molecule has 1 N–H and O–H groups in total. The number of hydrogen-bond donors (Lipinski definition) is 1. The predicted molar refractivity (Wildman–Crippen MR) is 50.1 cm³/mol. The minimum Gasteiger partial charge on any atom is -0.396 e. The van der Waals surface area contributed by atoms with E-state index in [4.69, 9.17) is 15.9 Å². The van der Waals surface area contributed by atoms with E-state index >= 15 is 0 Å². The van der Waals surface area contributed by atoms with Crippen molar-refractivity contribution in [3.8, 4) is 6.07 Å². The van der Waals surface area contributed by atoms with Crippen LogP contribution in [0.15, 0.2) is 29.4 Å². The zero-order valence-corrected chi connectivity index (χ0v) is 7.33. The van der Waals surface area contributed by atoms with E-state index in [0.717, 1.165) is 0 Å². The highest BCUT2D eigenvalue weighted by molar-refractivity contribution is 5.39. The fraction of sp³-hybridized carbons (Fsp3) is 0.222. The van der Waals surface area contributed by atoms with Crippen LogP contribution < -0.4 is 0 Å². The standard InChI is InChI=1S/C9H8N4O/c10-5-7-3-1-2-4-8(7)9(6-14)12-13-11/h1-4,9,14H,6H2. The molecule has 0 fully saturated rings. The molecule has 1 aromatic carbocycles. The second kappa shape index (κ2) is 4.87. The molecule has 1 aromatic rings. The Balaban J connectivity index is 3.16. The van der Waals surface area contributed by atoms with Crippen LogP contribution in [-0.4, -0.2) is 11.7 Å². The van der Waals surface area contributed by atoms with E-state index in [2.05, 4.69) is 10.0 Å². The van der Waals surface area contributed by atoms with Crippen LogP contribution in [0, 0.1) is 11.3 Å². The second-order valence-corrected chi connectivity index (χ2v) is 2.60. The highest BCUT2D eigenvalue weighted by atomic mass is 16.3. The Labute approximate surface area is 80.8 Å². The Hall–Kier alpha value is -2.02. The van der Waals surface area contributed by atoms with E-state index in [1.165, 1.54) is 0 Å². The Bertz CT molecular complexity index is 404. The molecule has 0 spiro atoms. The maximum Gasteiger partial charge on any atom is 0.0994 e. The first kappa shape index (κ1) is 10.1. The van der Waals surface area contributed by atoms with Gasteiger partial charge in [-0.15, -0.1) is 0 Å². The third-order valence-electron chi connectivity index (χ3n) is 1.80. The third-order valence-corrected chi connectivity index (χ3v) is 1.80. The monoisotopic (exact) mass is 188 g/mol. The first-order valence-corrected chi connectivity index (χ1v) is 3.97. The number of hydrogen-bond acceptors (Lipinski definition) is 3. The van der Waals surface area contributed by atoms with Crippen LogP contribution in [0.2, 0.25) is 0 Å². The lowest BCUT2D eigenvalue weighted by Crippen LogP contribution is -2.02. The van der Waals surface area contributed by atoms with E-state index < -0.39 is 6.04 Å². The maximum atomic E-state index is 8.96. The lowest BCUT2D eigenvalue weighted by atomic mass is 10.0. The topological polar surface area (TPSA) is 92.8 Å². The number of aliphatic hydroxyl groups is 1. The zero-order chi connectivity index (χ0) is 10.4. The normalized spacial score (nSPS) is 11.1. The van der Waals surface area contributed by atoms with Crippen molar-refractivity contribution in [3.63, 3.8) is 0 Å². The fourth-order valence-electron chi connectivity index (χ4n) is 1.15. The van der Waals surface area contributed by atoms with Gasteiger partial charge >= 0.3 is 0 Å². The summed E-state index contributed by atoms with van der Waals surface area (Å²) in [6, 6.07) is 8.01. The van der Waals surface area contributed by atoms with Gasteiger partial charge in [0.25, 0.3) is 0 Å². The van der Waals surface area contributed by atoms with Gasteiger partial charge in [0.05, 0.1) is 24.3 Å². The molecule has 0 aromatic heterocycles. The molecule has 0 heterocycles. The van der Waals surface area contributed by atoms with Crippen LogP contribution in [0.25, 0.3) is 10.4 Å². The van der Waals surface area contributed by atoms with Crippen LogP contribution in [0.3, 0.4) is 0 Å². The molecule has 1 unspecified atom stereocenters. The minimum atomic E-state index is -0.684. The van der Waals surface area contributed by atoms with Crippen molar-refractivity contribution in [1.29, 1.82) is 5.26 Å². The quantitative estimate of drug-likeness (QED) is 0.445. The molecule has 0 saturated heterocycles. The highest BCUT2D eigenvalue weighted by Gasteiger charge is 2.11. The average Bonchev–Trinajstić information content (AvgIpc) is 2.26. The molecule has 1 atom stereocenters. The molecule has 0 aliphatic carbocycles. The summed E-state index contributed by atoms with van der Waals surface area (Å²) in [7, 11) is 0. The van der Waals surface area contributed by atoms with Gasteiger partial charge in [-0.1, -0.05) is 23.3 Å². The van der Waals surface area contributed by atoms with Crippen molar-refractivity contribution in [3.05, 3.63) is 45.8 Å². The molecule has 70 valence electrons. The molecule has 5 nitrogen and oxygen atoms in total. The van der Waals surface area contributed by atoms with Crippen LogP contribution >= 0.6 is 0 Å². The molecular weight excluding hydrogens is 180 g/mol. The second-order valence-electron chi connectivity index (χ2n) is 2.60. The van der Waals surface area contributed by atoms with Gasteiger partial charge in [0.1, 0.15) is 0 Å². The smallest absolute Gasteiger partial charge is 0.0994 e. The molecule has 1 rings (SSSR count). The van der Waals surface area contributed by atoms with Crippen molar-refractivity contribution >= 4 is 0 Å². The lowest BCUT2D eigenvalue weighted by Gasteiger charge is -2.08.